The largest absolute Gasteiger partial charge is 0.311 e. The molecule has 1 aliphatic rings. The molecule has 0 N–H and O–H groups in total. The minimum atomic E-state index is -2.66. The summed E-state index contributed by atoms with van der Waals surface area (Å²) in [5.41, 5.74) is 13.6. The molecule has 0 amide bonds. The first-order chi connectivity index (χ1) is 29.0. The molecule has 0 fully saturated rings. The molecule has 282 valence electrons. The Bertz CT molecular complexity index is 2750. The summed E-state index contributed by atoms with van der Waals surface area (Å²) in [5, 5.41) is 5.45. The second kappa shape index (κ2) is 15.1. The molecule has 0 saturated carbocycles. The van der Waals surface area contributed by atoms with Gasteiger partial charge in [-0.25, -0.2) is 0 Å². The van der Waals surface area contributed by atoms with Crippen LogP contribution in [0.25, 0.3) is 33.4 Å². The van der Waals surface area contributed by atoms with Crippen molar-refractivity contribution in [2.45, 2.75) is 19.3 Å². The molecule has 0 atom stereocenters. The van der Waals surface area contributed by atoms with Crippen molar-refractivity contribution in [2.24, 2.45) is 0 Å². The van der Waals surface area contributed by atoms with E-state index in [1.165, 1.54) is 65.3 Å². The summed E-state index contributed by atoms with van der Waals surface area (Å²) in [4.78, 5) is 2.39. The van der Waals surface area contributed by atoms with Crippen molar-refractivity contribution in [3.8, 4) is 33.4 Å². The maximum atomic E-state index is 2.41. The highest BCUT2D eigenvalue weighted by molar-refractivity contribution is 7.19. The van der Waals surface area contributed by atoms with Gasteiger partial charge in [0.25, 0.3) is 0 Å². The van der Waals surface area contributed by atoms with Gasteiger partial charge in [0.05, 0.1) is 0 Å². The third-order valence-electron chi connectivity index (χ3n) is 12.5. The van der Waals surface area contributed by atoms with Crippen LogP contribution >= 0.6 is 0 Å². The van der Waals surface area contributed by atoms with Gasteiger partial charge in [-0.1, -0.05) is 208 Å². The van der Waals surface area contributed by atoms with Gasteiger partial charge in [0.1, 0.15) is 0 Å². The van der Waals surface area contributed by atoms with Crippen LogP contribution in [0.5, 0.6) is 0 Å². The Morgan fingerprint density at radius 3 is 1.17 bits per heavy atom. The molecular weight excluding hydrogens is 727 g/mol. The fourth-order valence-electron chi connectivity index (χ4n) is 9.49. The van der Waals surface area contributed by atoms with Gasteiger partial charge in [0.15, 0.2) is 8.07 Å². The van der Waals surface area contributed by atoms with Gasteiger partial charge in [-0.05, 0) is 108 Å². The third kappa shape index (κ3) is 6.34. The quantitative estimate of drug-likeness (QED) is 0.104. The lowest BCUT2D eigenvalue weighted by Crippen LogP contribution is -2.74. The Kier molecular flexibility index (Phi) is 9.28. The second-order valence-corrected chi connectivity index (χ2v) is 19.9. The topological polar surface area (TPSA) is 3.24 Å². The van der Waals surface area contributed by atoms with Gasteiger partial charge in [0, 0.05) is 22.5 Å². The molecule has 10 rings (SSSR count). The summed E-state index contributed by atoms with van der Waals surface area (Å²) >= 11 is 0. The molecule has 0 radical (unpaired) electrons. The van der Waals surface area contributed by atoms with Crippen LogP contribution in [0.1, 0.15) is 25.0 Å². The van der Waals surface area contributed by atoms with Crippen LogP contribution in [0.4, 0.5) is 17.1 Å². The Morgan fingerprint density at radius 1 is 0.305 bits per heavy atom. The summed E-state index contributed by atoms with van der Waals surface area (Å²) in [6.45, 7) is 4.70. The normalized spacial score (nSPS) is 12.7. The van der Waals surface area contributed by atoms with Gasteiger partial charge in [-0.15, -0.1) is 0 Å². The Morgan fingerprint density at radius 2 is 0.661 bits per heavy atom. The first-order valence-electron chi connectivity index (χ1n) is 20.6. The molecule has 0 aromatic heterocycles. The van der Waals surface area contributed by atoms with E-state index in [2.05, 4.69) is 255 Å². The Balaban J connectivity index is 1.07. The minimum Gasteiger partial charge on any atom is -0.311 e. The monoisotopic (exact) mass is 771 g/mol. The molecule has 0 unspecified atom stereocenters. The van der Waals surface area contributed by atoms with Gasteiger partial charge >= 0.3 is 0 Å². The lowest BCUT2D eigenvalue weighted by molar-refractivity contribution is 0.660. The number of rotatable bonds is 9. The average Bonchev–Trinajstić information content (AvgIpc) is 3.54. The lowest BCUT2D eigenvalue weighted by atomic mass is 9.81. The van der Waals surface area contributed by atoms with E-state index in [1.54, 1.807) is 0 Å². The lowest BCUT2D eigenvalue weighted by Gasteiger charge is -2.35. The number of hydrogen-bond donors (Lipinski definition) is 0. The van der Waals surface area contributed by atoms with E-state index in [0.29, 0.717) is 0 Å². The molecule has 59 heavy (non-hydrogen) atoms. The molecule has 0 aliphatic heterocycles. The second-order valence-electron chi connectivity index (χ2n) is 16.1. The van der Waals surface area contributed by atoms with Crippen molar-refractivity contribution in [3.05, 3.63) is 248 Å². The molecule has 0 saturated heterocycles. The van der Waals surface area contributed by atoms with Gasteiger partial charge < -0.3 is 4.90 Å². The summed E-state index contributed by atoms with van der Waals surface area (Å²) in [7, 11) is -2.66. The van der Waals surface area contributed by atoms with Gasteiger partial charge in [0.2, 0.25) is 0 Å². The van der Waals surface area contributed by atoms with E-state index >= 15 is 0 Å². The van der Waals surface area contributed by atoms with Crippen LogP contribution in [0.3, 0.4) is 0 Å². The predicted octanol–water partition coefficient (Wildman–Crippen LogP) is 12.2. The smallest absolute Gasteiger partial charge is 0.179 e. The molecule has 9 aromatic rings. The number of benzene rings is 9. The first-order valence-corrected chi connectivity index (χ1v) is 22.6. The molecule has 1 nitrogen and oxygen atoms in total. The van der Waals surface area contributed by atoms with Crippen molar-refractivity contribution >= 4 is 45.9 Å². The molecule has 0 heterocycles. The predicted molar refractivity (Wildman–Crippen MR) is 253 cm³/mol. The summed E-state index contributed by atoms with van der Waals surface area (Å²) in [6, 6.07) is 87.4. The van der Waals surface area contributed by atoms with E-state index < -0.39 is 8.07 Å². The molecule has 0 bridgehead atoms. The van der Waals surface area contributed by atoms with Gasteiger partial charge in [-0.3, -0.25) is 0 Å². The number of anilines is 3. The highest BCUT2D eigenvalue weighted by Crippen LogP contribution is 2.49. The molecule has 9 aromatic carbocycles. The van der Waals surface area contributed by atoms with Crippen LogP contribution in [0.15, 0.2) is 237 Å². The van der Waals surface area contributed by atoms with Crippen molar-refractivity contribution < 1.29 is 0 Å². The Hall–Kier alpha value is -7.00. The zero-order chi connectivity index (χ0) is 39.8. The summed E-state index contributed by atoms with van der Waals surface area (Å²) in [6.07, 6.45) is 0. The zero-order valence-electron chi connectivity index (χ0n) is 33.5. The zero-order valence-corrected chi connectivity index (χ0v) is 34.5. The van der Waals surface area contributed by atoms with Crippen molar-refractivity contribution in [1.29, 1.82) is 0 Å². The van der Waals surface area contributed by atoms with Crippen molar-refractivity contribution in [1.82, 2.24) is 0 Å². The summed E-state index contributed by atoms with van der Waals surface area (Å²) < 4.78 is 0. The minimum absolute atomic E-state index is 0.0429. The van der Waals surface area contributed by atoms with Crippen molar-refractivity contribution in [3.63, 3.8) is 0 Å². The van der Waals surface area contributed by atoms with Crippen LogP contribution in [0, 0.1) is 0 Å². The van der Waals surface area contributed by atoms with E-state index in [1.807, 2.05) is 0 Å². The number of nitrogens with zero attached hydrogens (tertiary/aromatic N) is 1. The summed E-state index contributed by atoms with van der Waals surface area (Å²) in [5.74, 6) is 0. The third-order valence-corrected chi connectivity index (χ3v) is 17.3. The molecular formula is C57H45NSi. The molecule has 2 heteroatoms. The molecule has 0 spiro atoms. The fourth-order valence-corrected chi connectivity index (χ4v) is 14.2. The fraction of sp³-hybridized carbons (Fsp3) is 0.0526. The standard InChI is InChI=1S/C57H45NSi/c1-57(2)55-26-16-15-25-53(55)54-40-31-45(41-56(54)57)44-29-34-47(35-30-44)58(46-32-27-43(28-33-46)42-17-7-3-8-18-42)48-36-38-52(39-37-48)59(49-19-9-4-10-20-49,50-21-11-5-12-22-50)51-23-13-6-14-24-51/h3-41H,1-2H3. The maximum absolute atomic E-state index is 2.66. The average molecular weight is 772 g/mol. The highest BCUT2D eigenvalue weighted by atomic mass is 28.3. The highest BCUT2D eigenvalue weighted by Gasteiger charge is 2.41. The molecule has 1 aliphatic carbocycles. The van der Waals surface area contributed by atoms with Crippen molar-refractivity contribution in [2.75, 3.05) is 4.90 Å². The number of hydrogen-bond acceptors (Lipinski definition) is 1. The number of fused-ring (bicyclic) bond motifs is 3. The van der Waals surface area contributed by atoms with E-state index in [0.717, 1.165) is 17.1 Å². The van der Waals surface area contributed by atoms with E-state index in [-0.39, 0.29) is 5.41 Å². The first kappa shape index (κ1) is 36.3. The van der Waals surface area contributed by atoms with Crippen LogP contribution in [0.2, 0.25) is 0 Å². The van der Waals surface area contributed by atoms with Gasteiger partial charge in [-0.2, -0.15) is 0 Å². The van der Waals surface area contributed by atoms with Crippen LogP contribution in [-0.2, 0) is 5.41 Å². The van der Waals surface area contributed by atoms with E-state index in [9.17, 15) is 0 Å². The van der Waals surface area contributed by atoms with Crippen LogP contribution < -0.4 is 25.6 Å². The van der Waals surface area contributed by atoms with E-state index in [4.69, 9.17) is 0 Å². The Labute approximate surface area is 349 Å². The maximum Gasteiger partial charge on any atom is 0.179 e. The van der Waals surface area contributed by atoms with Crippen LogP contribution in [-0.4, -0.2) is 8.07 Å². The SMILES string of the molecule is CC1(C)c2ccccc2-c2ccc(-c3ccc(N(c4ccc(-c5ccccc5)cc4)c4ccc([Si](c5ccccc5)(c5ccccc5)c5ccccc5)cc4)cc3)cc21.